The number of phenolic OH excluding ortho intramolecular Hbond substituents is 1. The molecule has 0 atom stereocenters. The van der Waals surface area contributed by atoms with Crippen LogP contribution in [-0.2, 0) is 0 Å². The Balaban J connectivity index is 1.92. The molecule has 122 valence electrons. The zero-order chi connectivity index (χ0) is 16.7. The number of aromatic carboxylic acids is 1. The molecule has 1 heterocycles. The Hall–Kier alpha value is -2.82. The van der Waals surface area contributed by atoms with Gasteiger partial charge in [0.1, 0.15) is 5.75 Å². The number of carbonyl (C=O) groups is 1. The molecule has 0 saturated heterocycles. The molecule has 5 nitrogen and oxygen atoms in total. The summed E-state index contributed by atoms with van der Waals surface area (Å²) < 4.78 is 1.98. The van der Waals surface area contributed by atoms with E-state index < -0.39 is 5.97 Å². The smallest absolute Gasteiger partial charge is 0.336 e. The molecule has 0 bridgehead atoms. The van der Waals surface area contributed by atoms with Gasteiger partial charge in [0.25, 0.3) is 0 Å². The Morgan fingerprint density at radius 1 is 1.08 bits per heavy atom. The van der Waals surface area contributed by atoms with E-state index in [-0.39, 0.29) is 11.3 Å². The maximum absolute atomic E-state index is 11.7. The maximum atomic E-state index is 11.7. The normalized spacial score (nSPS) is 15.2. The highest BCUT2D eigenvalue weighted by Crippen LogP contribution is 2.35. The summed E-state index contributed by atoms with van der Waals surface area (Å²) in [7, 11) is 0. The third kappa shape index (κ3) is 2.42. The molecule has 24 heavy (non-hydrogen) atoms. The van der Waals surface area contributed by atoms with Crippen molar-refractivity contribution in [2.24, 2.45) is 0 Å². The van der Waals surface area contributed by atoms with Crippen molar-refractivity contribution in [3.8, 4) is 16.9 Å². The van der Waals surface area contributed by atoms with Crippen molar-refractivity contribution in [1.82, 2.24) is 9.78 Å². The number of hydrogen-bond donors (Lipinski definition) is 2. The molecule has 2 aromatic carbocycles. The highest BCUT2D eigenvalue weighted by atomic mass is 16.4. The lowest BCUT2D eigenvalue weighted by molar-refractivity contribution is 0.0699. The molecule has 2 N–H and O–H groups in total. The molecule has 0 amide bonds. The number of benzene rings is 2. The van der Waals surface area contributed by atoms with Gasteiger partial charge in [-0.1, -0.05) is 25.0 Å². The van der Waals surface area contributed by atoms with Gasteiger partial charge >= 0.3 is 5.97 Å². The number of aromatic nitrogens is 2. The maximum Gasteiger partial charge on any atom is 0.336 e. The minimum Gasteiger partial charge on any atom is -0.508 e. The van der Waals surface area contributed by atoms with Gasteiger partial charge in [0.15, 0.2) is 0 Å². The molecule has 0 spiro atoms. The molecule has 0 unspecified atom stereocenters. The fourth-order valence-corrected chi connectivity index (χ4v) is 3.58. The second-order valence-electron chi connectivity index (χ2n) is 6.34. The van der Waals surface area contributed by atoms with Gasteiger partial charge in [-0.05, 0) is 48.2 Å². The van der Waals surface area contributed by atoms with Crippen LogP contribution in [0.3, 0.4) is 0 Å². The van der Waals surface area contributed by atoms with Crippen molar-refractivity contribution >= 4 is 16.9 Å². The first-order valence-corrected chi connectivity index (χ1v) is 8.17. The van der Waals surface area contributed by atoms with E-state index in [1.54, 1.807) is 36.5 Å². The van der Waals surface area contributed by atoms with Crippen molar-refractivity contribution in [2.75, 3.05) is 0 Å². The molecular weight excluding hydrogens is 304 g/mol. The topological polar surface area (TPSA) is 75.3 Å². The van der Waals surface area contributed by atoms with Gasteiger partial charge < -0.3 is 10.2 Å². The van der Waals surface area contributed by atoms with E-state index in [0.717, 1.165) is 29.5 Å². The van der Waals surface area contributed by atoms with Gasteiger partial charge in [0, 0.05) is 5.39 Å². The van der Waals surface area contributed by atoms with Gasteiger partial charge in [-0.3, -0.25) is 4.68 Å². The zero-order valence-corrected chi connectivity index (χ0v) is 13.1. The van der Waals surface area contributed by atoms with E-state index in [1.165, 1.54) is 12.8 Å². The molecule has 1 aliphatic rings. The quantitative estimate of drug-likeness (QED) is 0.757. The molecular formula is C19H18N2O3. The molecule has 5 heteroatoms. The van der Waals surface area contributed by atoms with Crippen LogP contribution in [0.5, 0.6) is 5.75 Å². The van der Waals surface area contributed by atoms with Gasteiger partial charge in [0.2, 0.25) is 0 Å². The fourth-order valence-electron chi connectivity index (χ4n) is 3.58. The number of phenols is 1. The van der Waals surface area contributed by atoms with Gasteiger partial charge in [0.05, 0.1) is 23.3 Å². The van der Waals surface area contributed by atoms with E-state index in [9.17, 15) is 15.0 Å². The van der Waals surface area contributed by atoms with Crippen molar-refractivity contribution in [1.29, 1.82) is 0 Å². The Kier molecular flexibility index (Phi) is 3.49. The Bertz CT molecular complexity index is 906. The van der Waals surface area contributed by atoms with E-state index in [4.69, 9.17) is 0 Å². The lowest BCUT2D eigenvalue weighted by Gasteiger charge is -2.13. The summed E-state index contributed by atoms with van der Waals surface area (Å²) in [5.74, 6) is -0.763. The second kappa shape index (κ2) is 5.67. The first-order chi connectivity index (χ1) is 11.6. The summed E-state index contributed by atoms with van der Waals surface area (Å²) in [6.07, 6.45) is 6.22. The first kappa shape index (κ1) is 14.8. The van der Waals surface area contributed by atoms with E-state index >= 15 is 0 Å². The first-order valence-electron chi connectivity index (χ1n) is 8.17. The van der Waals surface area contributed by atoms with Crippen LogP contribution < -0.4 is 0 Å². The van der Waals surface area contributed by atoms with E-state index in [1.807, 2.05) is 10.7 Å². The van der Waals surface area contributed by atoms with Gasteiger partial charge in [-0.25, -0.2) is 4.79 Å². The van der Waals surface area contributed by atoms with Crippen LogP contribution >= 0.6 is 0 Å². The summed E-state index contributed by atoms with van der Waals surface area (Å²) in [4.78, 5) is 11.7. The molecule has 0 aliphatic heterocycles. The number of carboxylic acid groups (broad SMARTS) is 1. The van der Waals surface area contributed by atoms with Crippen molar-refractivity contribution in [2.45, 2.75) is 31.7 Å². The molecule has 3 aromatic rings. The van der Waals surface area contributed by atoms with Gasteiger partial charge in [-0.2, -0.15) is 5.10 Å². The highest BCUT2D eigenvalue weighted by Gasteiger charge is 2.22. The number of hydrogen-bond acceptors (Lipinski definition) is 3. The largest absolute Gasteiger partial charge is 0.508 e. The average Bonchev–Trinajstić information content (AvgIpc) is 3.23. The third-order valence-corrected chi connectivity index (χ3v) is 4.82. The van der Waals surface area contributed by atoms with Crippen molar-refractivity contribution in [3.05, 3.63) is 48.2 Å². The number of fused-ring (bicyclic) bond motifs is 1. The summed E-state index contributed by atoms with van der Waals surface area (Å²) >= 11 is 0. The molecule has 1 fully saturated rings. The lowest BCUT2D eigenvalue weighted by atomic mass is 10.00. The van der Waals surface area contributed by atoms with Crippen LogP contribution in [0.25, 0.3) is 22.0 Å². The summed E-state index contributed by atoms with van der Waals surface area (Å²) in [6.45, 7) is 0. The Morgan fingerprint density at radius 3 is 2.46 bits per heavy atom. The number of aromatic hydroxyl groups is 1. The molecule has 1 aliphatic carbocycles. The van der Waals surface area contributed by atoms with E-state index in [0.29, 0.717) is 11.4 Å². The van der Waals surface area contributed by atoms with Crippen LogP contribution in [0.2, 0.25) is 0 Å². The second-order valence-corrected chi connectivity index (χ2v) is 6.34. The van der Waals surface area contributed by atoms with Crippen LogP contribution in [-0.4, -0.2) is 26.0 Å². The minimum atomic E-state index is -0.952. The molecule has 0 radical (unpaired) electrons. The Morgan fingerprint density at radius 2 is 1.79 bits per heavy atom. The summed E-state index contributed by atoms with van der Waals surface area (Å²) in [6, 6.07) is 10.8. The average molecular weight is 322 g/mol. The SMILES string of the molecule is O=C(O)c1cc(-c2ccc(O)cc2)cc2c1cnn2C1CCCC1. The fraction of sp³-hybridized carbons (Fsp3) is 0.263. The number of rotatable bonds is 3. The van der Waals surface area contributed by atoms with Gasteiger partial charge in [-0.15, -0.1) is 0 Å². The summed E-state index contributed by atoms with van der Waals surface area (Å²) in [5.41, 5.74) is 2.82. The Labute approximate surface area is 139 Å². The van der Waals surface area contributed by atoms with Crippen LogP contribution in [0, 0.1) is 0 Å². The minimum absolute atomic E-state index is 0.189. The zero-order valence-electron chi connectivity index (χ0n) is 13.1. The van der Waals surface area contributed by atoms with Crippen LogP contribution in [0.1, 0.15) is 42.1 Å². The lowest BCUT2D eigenvalue weighted by Crippen LogP contribution is -2.06. The number of nitrogens with zero attached hydrogens (tertiary/aromatic N) is 2. The van der Waals surface area contributed by atoms with Crippen molar-refractivity contribution < 1.29 is 15.0 Å². The van der Waals surface area contributed by atoms with Crippen molar-refractivity contribution in [3.63, 3.8) is 0 Å². The van der Waals surface area contributed by atoms with Crippen LogP contribution in [0.4, 0.5) is 0 Å². The standard InChI is InChI=1S/C19H18N2O3/c22-15-7-5-12(6-8-15)13-9-16(19(23)24)17-11-20-21(18(17)10-13)14-3-1-2-4-14/h5-11,14,22H,1-4H2,(H,23,24). The highest BCUT2D eigenvalue weighted by molar-refractivity contribution is 6.04. The number of carboxylic acids is 1. The van der Waals surface area contributed by atoms with Crippen LogP contribution in [0.15, 0.2) is 42.6 Å². The molecule has 1 saturated carbocycles. The summed E-state index contributed by atoms with van der Waals surface area (Å²) in [5, 5.41) is 24.2. The van der Waals surface area contributed by atoms with E-state index in [2.05, 4.69) is 5.10 Å². The molecule has 4 rings (SSSR count). The molecule has 1 aromatic heterocycles. The monoisotopic (exact) mass is 322 g/mol. The third-order valence-electron chi connectivity index (χ3n) is 4.82. The predicted octanol–water partition coefficient (Wildman–Crippen LogP) is 4.22. The predicted molar refractivity (Wildman–Crippen MR) is 91.3 cm³/mol.